The molecule has 1 aromatic rings. The monoisotopic (exact) mass is 357 g/mol. The second kappa shape index (κ2) is 7.19. The molecule has 128 valence electrons. The predicted octanol–water partition coefficient (Wildman–Crippen LogP) is 2.30. The molecular formula is C15H23N3O3S2. The Morgan fingerprint density at radius 2 is 2.30 bits per heavy atom. The van der Waals surface area contributed by atoms with Crippen LogP contribution in [0.3, 0.4) is 0 Å². The molecule has 1 unspecified atom stereocenters. The van der Waals surface area contributed by atoms with E-state index in [1.165, 1.54) is 28.5 Å². The van der Waals surface area contributed by atoms with Crippen LogP contribution in [0, 0.1) is 5.41 Å². The number of aromatic carboxylic acids is 1. The highest BCUT2D eigenvalue weighted by atomic mass is 32.2. The molecule has 3 N–H and O–H groups in total. The molecule has 8 heteroatoms. The molecule has 0 saturated carbocycles. The van der Waals surface area contributed by atoms with Crippen LogP contribution in [0.25, 0.3) is 0 Å². The van der Waals surface area contributed by atoms with Gasteiger partial charge in [-0.2, -0.15) is 0 Å². The molecule has 0 aromatic carbocycles. The van der Waals surface area contributed by atoms with Crippen molar-refractivity contribution in [3.8, 4) is 0 Å². The lowest BCUT2D eigenvalue weighted by molar-refractivity contribution is -0.129. The number of carbonyl (C=O) groups is 2. The average Bonchev–Trinajstić information content (AvgIpc) is 3.05. The number of carbonyl (C=O) groups excluding carboxylic acids is 1. The summed E-state index contributed by atoms with van der Waals surface area (Å²) in [5.41, 5.74) is 6.37. The van der Waals surface area contributed by atoms with Gasteiger partial charge in [-0.25, -0.2) is 9.78 Å². The quantitative estimate of drug-likeness (QED) is 0.758. The summed E-state index contributed by atoms with van der Waals surface area (Å²) in [7, 11) is 0. The number of nitrogens with zero attached hydrogens (tertiary/aromatic N) is 2. The molecule has 1 fully saturated rings. The zero-order valence-electron chi connectivity index (χ0n) is 13.6. The van der Waals surface area contributed by atoms with Gasteiger partial charge in [0.1, 0.15) is 0 Å². The third-order valence-electron chi connectivity index (χ3n) is 4.05. The lowest BCUT2D eigenvalue weighted by atomic mass is 9.82. The second-order valence-corrected chi connectivity index (χ2v) is 8.94. The third kappa shape index (κ3) is 4.45. The Kier molecular flexibility index (Phi) is 5.70. The molecule has 0 spiro atoms. The molecule has 2 heterocycles. The van der Waals surface area contributed by atoms with E-state index in [1.54, 1.807) is 0 Å². The van der Waals surface area contributed by atoms with Crippen molar-refractivity contribution in [2.24, 2.45) is 11.1 Å². The van der Waals surface area contributed by atoms with Crippen molar-refractivity contribution in [2.75, 3.05) is 12.3 Å². The van der Waals surface area contributed by atoms with Gasteiger partial charge in [-0.05, 0) is 11.8 Å². The Morgan fingerprint density at radius 3 is 2.87 bits per heavy atom. The first-order chi connectivity index (χ1) is 10.7. The number of aromatic nitrogens is 1. The molecule has 2 atom stereocenters. The minimum Gasteiger partial charge on any atom is -0.476 e. The van der Waals surface area contributed by atoms with Gasteiger partial charge in [-0.3, -0.25) is 4.79 Å². The van der Waals surface area contributed by atoms with Crippen LogP contribution in [0.2, 0.25) is 0 Å². The Balaban J connectivity index is 1.92. The molecule has 0 aliphatic carbocycles. The number of likely N-dealkylation sites (tertiary alicyclic amines) is 1. The third-order valence-corrected chi connectivity index (χ3v) is 6.05. The first kappa shape index (κ1) is 18.2. The van der Waals surface area contributed by atoms with Crippen molar-refractivity contribution in [2.45, 2.75) is 50.0 Å². The van der Waals surface area contributed by atoms with Crippen LogP contribution in [0.4, 0.5) is 0 Å². The van der Waals surface area contributed by atoms with Gasteiger partial charge in [0.25, 0.3) is 0 Å². The fraction of sp³-hybridized carbons (Fsp3) is 0.667. The molecule has 1 aliphatic heterocycles. The van der Waals surface area contributed by atoms with Gasteiger partial charge in [0.2, 0.25) is 5.91 Å². The van der Waals surface area contributed by atoms with E-state index in [-0.39, 0.29) is 29.1 Å². The number of nitrogens with two attached hydrogens (primary N) is 1. The van der Waals surface area contributed by atoms with E-state index in [4.69, 9.17) is 10.8 Å². The van der Waals surface area contributed by atoms with Crippen LogP contribution in [-0.2, 0) is 4.79 Å². The van der Waals surface area contributed by atoms with Crippen LogP contribution < -0.4 is 5.73 Å². The number of carboxylic acids is 1. The SMILES string of the molecule is CC(C)(C)C(N)[C@H]1CCC(=O)N1CCSc1nc(C(=O)O)cs1. The molecule has 6 nitrogen and oxygen atoms in total. The van der Waals surface area contributed by atoms with E-state index in [0.717, 1.165) is 6.42 Å². The maximum atomic E-state index is 12.1. The number of rotatable bonds is 6. The van der Waals surface area contributed by atoms with E-state index in [2.05, 4.69) is 25.8 Å². The van der Waals surface area contributed by atoms with Crippen molar-refractivity contribution in [3.05, 3.63) is 11.1 Å². The van der Waals surface area contributed by atoms with Gasteiger partial charge in [0.15, 0.2) is 10.0 Å². The lowest BCUT2D eigenvalue weighted by Crippen LogP contribution is -2.52. The van der Waals surface area contributed by atoms with Gasteiger partial charge in [-0.15, -0.1) is 11.3 Å². The van der Waals surface area contributed by atoms with Gasteiger partial charge in [-0.1, -0.05) is 32.5 Å². The summed E-state index contributed by atoms with van der Waals surface area (Å²) in [6.07, 6.45) is 1.36. The number of thiazole rings is 1. The maximum absolute atomic E-state index is 12.1. The zero-order valence-corrected chi connectivity index (χ0v) is 15.2. The topological polar surface area (TPSA) is 96.5 Å². The Labute approximate surface area is 144 Å². The van der Waals surface area contributed by atoms with E-state index >= 15 is 0 Å². The predicted molar refractivity (Wildman–Crippen MR) is 92.0 cm³/mol. The number of hydrogen-bond donors (Lipinski definition) is 2. The number of hydrogen-bond acceptors (Lipinski definition) is 6. The second-order valence-electron chi connectivity index (χ2n) is 6.74. The van der Waals surface area contributed by atoms with Gasteiger partial charge in [0, 0.05) is 36.2 Å². The summed E-state index contributed by atoms with van der Waals surface area (Å²) in [6, 6.07) is 0.0198. The van der Waals surface area contributed by atoms with Crippen LogP contribution >= 0.6 is 23.1 Å². The molecule has 0 bridgehead atoms. The molecular weight excluding hydrogens is 334 g/mol. The van der Waals surface area contributed by atoms with Crippen molar-refractivity contribution >= 4 is 35.0 Å². The summed E-state index contributed by atoms with van der Waals surface area (Å²) in [5.74, 6) is -0.175. The Morgan fingerprint density at radius 1 is 1.61 bits per heavy atom. The molecule has 1 aromatic heterocycles. The molecule has 23 heavy (non-hydrogen) atoms. The van der Waals surface area contributed by atoms with E-state index in [9.17, 15) is 9.59 Å². The Bertz CT molecular complexity index is 583. The van der Waals surface area contributed by atoms with Gasteiger partial charge < -0.3 is 15.7 Å². The van der Waals surface area contributed by atoms with Crippen molar-refractivity contribution in [3.63, 3.8) is 0 Å². The van der Waals surface area contributed by atoms with Crippen LogP contribution in [0.5, 0.6) is 0 Å². The van der Waals surface area contributed by atoms with Crippen LogP contribution in [-0.4, -0.2) is 51.2 Å². The van der Waals surface area contributed by atoms with Crippen LogP contribution in [0.1, 0.15) is 44.1 Å². The minimum atomic E-state index is -1.01. The maximum Gasteiger partial charge on any atom is 0.355 e. The summed E-state index contributed by atoms with van der Waals surface area (Å²) < 4.78 is 0.714. The van der Waals surface area contributed by atoms with Crippen LogP contribution in [0.15, 0.2) is 9.72 Å². The molecule has 0 radical (unpaired) electrons. The standard InChI is InChI=1S/C15H23N3O3S2/c1-15(2,3)12(16)10-4-5-11(19)18(10)6-7-22-14-17-9(8-23-14)13(20)21/h8,10,12H,4-7,16H2,1-3H3,(H,20,21)/t10-,12?/m1/s1. The van der Waals surface area contributed by atoms with Crippen molar-refractivity contribution in [1.29, 1.82) is 0 Å². The largest absolute Gasteiger partial charge is 0.476 e. The zero-order chi connectivity index (χ0) is 17.2. The molecule has 1 saturated heterocycles. The number of thioether (sulfide) groups is 1. The lowest BCUT2D eigenvalue weighted by Gasteiger charge is -2.37. The highest BCUT2D eigenvalue weighted by molar-refractivity contribution is 8.01. The van der Waals surface area contributed by atoms with Crippen molar-refractivity contribution in [1.82, 2.24) is 9.88 Å². The summed E-state index contributed by atoms with van der Waals surface area (Å²) in [5, 5.41) is 10.4. The highest BCUT2D eigenvalue weighted by Crippen LogP contribution is 2.30. The van der Waals surface area contributed by atoms with E-state index in [0.29, 0.717) is 23.1 Å². The van der Waals surface area contributed by atoms with Gasteiger partial charge >= 0.3 is 5.97 Å². The Hall–Kier alpha value is -1.12. The first-order valence-electron chi connectivity index (χ1n) is 7.57. The molecule has 1 amide bonds. The normalized spacial score (nSPS) is 20.1. The fourth-order valence-corrected chi connectivity index (χ4v) is 4.46. The number of amides is 1. The first-order valence-corrected chi connectivity index (χ1v) is 9.43. The summed E-state index contributed by atoms with van der Waals surface area (Å²) in [4.78, 5) is 28.9. The fourth-order valence-electron chi connectivity index (χ4n) is 2.65. The van der Waals surface area contributed by atoms with Crippen molar-refractivity contribution < 1.29 is 14.7 Å². The highest BCUT2D eigenvalue weighted by Gasteiger charge is 2.39. The molecule has 2 rings (SSSR count). The van der Waals surface area contributed by atoms with Gasteiger partial charge in [0.05, 0.1) is 0 Å². The van der Waals surface area contributed by atoms with E-state index < -0.39 is 5.97 Å². The average molecular weight is 358 g/mol. The number of carboxylic acid groups (broad SMARTS) is 1. The summed E-state index contributed by atoms with van der Waals surface area (Å²) in [6.45, 7) is 6.89. The summed E-state index contributed by atoms with van der Waals surface area (Å²) >= 11 is 2.79. The van der Waals surface area contributed by atoms with E-state index in [1.807, 2.05) is 4.90 Å². The smallest absolute Gasteiger partial charge is 0.355 e. The molecule has 1 aliphatic rings. The minimum absolute atomic E-state index is 0.0492.